The molecule has 0 saturated heterocycles. The number of fused-ring (bicyclic) bond motifs is 1. The Hall–Kier alpha value is -1.55. The minimum absolute atomic E-state index is 0.0943. The van der Waals surface area contributed by atoms with Gasteiger partial charge in [0.1, 0.15) is 5.75 Å². The summed E-state index contributed by atoms with van der Waals surface area (Å²) in [5.41, 5.74) is 2.54. The molecule has 1 aliphatic heterocycles. The average Bonchev–Trinajstić information content (AvgIpc) is 2.87. The van der Waals surface area contributed by atoms with E-state index in [9.17, 15) is 9.90 Å². The summed E-state index contributed by atoms with van der Waals surface area (Å²) in [5.74, 6) is -0.591. The Morgan fingerprint density at radius 3 is 2.76 bits per heavy atom. The summed E-state index contributed by atoms with van der Waals surface area (Å²) in [5, 5.41) is 19.0. The highest BCUT2D eigenvalue weighted by Crippen LogP contribution is 2.55. The van der Waals surface area contributed by atoms with Crippen LogP contribution in [0.1, 0.15) is 36.0 Å². The molecule has 0 aromatic heterocycles. The van der Waals surface area contributed by atoms with E-state index in [-0.39, 0.29) is 17.6 Å². The third-order valence-corrected chi connectivity index (χ3v) is 3.77. The normalized spacial score (nSPS) is 20.0. The van der Waals surface area contributed by atoms with E-state index in [4.69, 9.17) is 9.84 Å². The van der Waals surface area contributed by atoms with E-state index in [0.717, 1.165) is 29.5 Å². The third kappa shape index (κ3) is 1.60. The Morgan fingerprint density at radius 1 is 1.35 bits per heavy atom. The maximum Gasteiger partial charge on any atom is 0.304 e. The number of benzene rings is 1. The molecule has 4 heteroatoms. The summed E-state index contributed by atoms with van der Waals surface area (Å²) >= 11 is 0. The Bertz CT molecular complexity index is 488. The van der Waals surface area contributed by atoms with Crippen LogP contribution in [-0.2, 0) is 28.2 Å². The molecule has 1 aromatic rings. The number of hydrogen-bond donors (Lipinski definition) is 2. The molecule has 0 unspecified atom stereocenters. The fourth-order valence-corrected chi connectivity index (χ4v) is 2.79. The second kappa shape index (κ2) is 3.47. The fourth-order valence-electron chi connectivity index (χ4n) is 2.79. The molecule has 0 spiro atoms. The number of aliphatic carboxylic acids is 1. The lowest BCUT2D eigenvalue weighted by Gasteiger charge is -2.18. The Kier molecular flexibility index (Phi) is 2.16. The van der Waals surface area contributed by atoms with E-state index in [1.54, 1.807) is 6.07 Å². The van der Waals surface area contributed by atoms with E-state index in [1.807, 2.05) is 6.07 Å². The molecule has 1 heterocycles. The first-order valence-corrected chi connectivity index (χ1v) is 5.76. The quantitative estimate of drug-likeness (QED) is 0.838. The van der Waals surface area contributed by atoms with Crippen molar-refractivity contribution >= 4 is 5.97 Å². The zero-order valence-electron chi connectivity index (χ0n) is 9.40. The van der Waals surface area contributed by atoms with E-state index in [2.05, 4.69) is 0 Å². The Balaban J connectivity index is 2.09. The highest BCUT2D eigenvalue weighted by Gasteiger charge is 2.49. The van der Waals surface area contributed by atoms with Crippen molar-refractivity contribution in [1.82, 2.24) is 0 Å². The zero-order chi connectivity index (χ0) is 12.0. The molecule has 0 atom stereocenters. The highest BCUT2D eigenvalue weighted by molar-refractivity contribution is 5.71. The van der Waals surface area contributed by atoms with Gasteiger partial charge in [-0.05, 0) is 30.0 Å². The van der Waals surface area contributed by atoms with Crippen LogP contribution >= 0.6 is 0 Å². The molecule has 17 heavy (non-hydrogen) atoms. The monoisotopic (exact) mass is 234 g/mol. The Labute approximate surface area is 98.8 Å². The molecule has 1 aliphatic carbocycles. The van der Waals surface area contributed by atoms with Crippen LogP contribution in [0, 0.1) is 0 Å². The topological polar surface area (TPSA) is 66.8 Å². The van der Waals surface area contributed by atoms with Gasteiger partial charge in [-0.1, -0.05) is 6.07 Å². The smallest absolute Gasteiger partial charge is 0.304 e. The standard InChI is InChI=1S/C13H14O4/c14-10-2-1-8-6-17-7-9(8)12(10)13(3-4-13)5-11(15)16/h1-2,14H,3-7H2,(H,15,16). The molecule has 2 N–H and O–H groups in total. The number of aromatic hydroxyl groups is 1. The second-order valence-electron chi connectivity index (χ2n) is 4.94. The summed E-state index contributed by atoms with van der Waals surface area (Å²) in [6.07, 6.45) is 1.77. The van der Waals surface area contributed by atoms with Crippen molar-refractivity contribution < 1.29 is 19.7 Å². The van der Waals surface area contributed by atoms with Gasteiger partial charge in [0.05, 0.1) is 19.6 Å². The molecule has 3 rings (SSSR count). The summed E-state index contributed by atoms with van der Waals surface area (Å²) in [7, 11) is 0. The number of carbonyl (C=O) groups is 1. The first kappa shape index (κ1) is 10.6. The predicted molar refractivity (Wildman–Crippen MR) is 59.8 cm³/mol. The van der Waals surface area contributed by atoms with Gasteiger partial charge in [0, 0.05) is 11.0 Å². The van der Waals surface area contributed by atoms with E-state index in [0.29, 0.717) is 13.2 Å². The molecule has 4 nitrogen and oxygen atoms in total. The van der Waals surface area contributed by atoms with Crippen molar-refractivity contribution in [1.29, 1.82) is 0 Å². The number of carboxylic acid groups (broad SMARTS) is 1. The maximum atomic E-state index is 10.9. The zero-order valence-corrected chi connectivity index (χ0v) is 9.40. The van der Waals surface area contributed by atoms with Gasteiger partial charge < -0.3 is 14.9 Å². The number of hydrogen-bond acceptors (Lipinski definition) is 3. The second-order valence-corrected chi connectivity index (χ2v) is 4.94. The Morgan fingerprint density at radius 2 is 2.12 bits per heavy atom. The van der Waals surface area contributed by atoms with Gasteiger partial charge in [-0.3, -0.25) is 4.79 Å². The largest absolute Gasteiger partial charge is 0.508 e. The van der Waals surface area contributed by atoms with Crippen LogP contribution in [0.3, 0.4) is 0 Å². The molecule has 90 valence electrons. The van der Waals surface area contributed by atoms with Crippen molar-refractivity contribution in [2.75, 3.05) is 0 Å². The molecule has 1 fully saturated rings. The summed E-state index contributed by atoms with van der Waals surface area (Å²) < 4.78 is 5.38. The van der Waals surface area contributed by atoms with Gasteiger partial charge in [0.2, 0.25) is 0 Å². The lowest BCUT2D eigenvalue weighted by molar-refractivity contribution is -0.137. The minimum Gasteiger partial charge on any atom is -0.508 e. The van der Waals surface area contributed by atoms with Crippen LogP contribution in [0.15, 0.2) is 12.1 Å². The van der Waals surface area contributed by atoms with E-state index < -0.39 is 5.97 Å². The maximum absolute atomic E-state index is 10.9. The molecular formula is C13H14O4. The molecule has 2 aliphatic rings. The molecular weight excluding hydrogens is 220 g/mol. The number of phenolic OH excluding ortho intramolecular Hbond substituents is 1. The first-order valence-electron chi connectivity index (χ1n) is 5.76. The van der Waals surface area contributed by atoms with Crippen molar-refractivity contribution in [3.8, 4) is 5.75 Å². The van der Waals surface area contributed by atoms with Gasteiger partial charge in [0.15, 0.2) is 0 Å². The molecule has 0 bridgehead atoms. The summed E-state index contributed by atoms with van der Waals surface area (Å²) in [6.45, 7) is 1.05. The number of ether oxygens (including phenoxy) is 1. The van der Waals surface area contributed by atoms with Crippen LogP contribution in [0.4, 0.5) is 0 Å². The molecule has 1 aromatic carbocycles. The number of carboxylic acids is 1. The van der Waals surface area contributed by atoms with Crippen LogP contribution in [0.25, 0.3) is 0 Å². The van der Waals surface area contributed by atoms with E-state index >= 15 is 0 Å². The van der Waals surface area contributed by atoms with Gasteiger partial charge >= 0.3 is 5.97 Å². The lowest BCUT2D eigenvalue weighted by Crippen LogP contribution is -2.15. The highest BCUT2D eigenvalue weighted by atomic mass is 16.5. The van der Waals surface area contributed by atoms with Gasteiger partial charge in [-0.15, -0.1) is 0 Å². The SMILES string of the molecule is O=C(O)CC1(c2c(O)ccc3c2COC3)CC1. The van der Waals surface area contributed by atoms with E-state index in [1.165, 1.54) is 0 Å². The number of rotatable bonds is 3. The van der Waals surface area contributed by atoms with Crippen LogP contribution < -0.4 is 0 Å². The van der Waals surface area contributed by atoms with Crippen LogP contribution in [0.5, 0.6) is 5.75 Å². The first-order chi connectivity index (χ1) is 8.12. The van der Waals surface area contributed by atoms with Gasteiger partial charge in [-0.2, -0.15) is 0 Å². The lowest BCUT2D eigenvalue weighted by atomic mass is 9.86. The average molecular weight is 234 g/mol. The summed E-state index contributed by atoms with van der Waals surface area (Å²) in [4.78, 5) is 10.9. The summed E-state index contributed by atoms with van der Waals surface area (Å²) in [6, 6.07) is 3.52. The van der Waals surface area contributed by atoms with Crippen molar-refractivity contribution in [3.05, 3.63) is 28.8 Å². The van der Waals surface area contributed by atoms with Crippen LogP contribution in [0.2, 0.25) is 0 Å². The van der Waals surface area contributed by atoms with Crippen molar-refractivity contribution in [2.24, 2.45) is 0 Å². The fraction of sp³-hybridized carbons (Fsp3) is 0.462. The molecule has 1 saturated carbocycles. The predicted octanol–water partition coefficient (Wildman–Crippen LogP) is 1.93. The van der Waals surface area contributed by atoms with Gasteiger partial charge in [0.25, 0.3) is 0 Å². The van der Waals surface area contributed by atoms with Crippen LogP contribution in [-0.4, -0.2) is 16.2 Å². The number of phenols is 1. The minimum atomic E-state index is -0.807. The van der Waals surface area contributed by atoms with Crippen molar-refractivity contribution in [3.63, 3.8) is 0 Å². The van der Waals surface area contributed by atoms with Crippen molar-refractivity contribution in [2.45, 2.75) is 37.9 Å². The van der Waals surface area contributed by atoms with Gasteiger partial charge in [-0.25, -0.2) is 0 Å². The molecule has 0 amide bonds. The molecule has 0 radical (unpaired) electrons. The third-order valence-electron chi connectivity index (χ3n) is 3.77.